The topological polar surface area (TPSA) is 87.5 Å². The fourth-order valence-electron chi connectivity index (χ4n) is 2.46. The molecule has 4 rings (SSSR count). The number of hydrogen-bond donors (Lipinski definition) is 0. The minimum Gasteiger partial charge on any atom is -0.368 e. The Bertz CT molecular complexity index is 828. The maximum Gasteiger partial charge on any atom is 0.291 e. The van der Waals surface area contributed by atoms with Crippen LogP contribution in [0.4, 0.5) is 0 Å². The molecule has 0 saturated carbocycles. The lowest BCUT2D eigenvalue weighted by Crippen LogP contribution is -2.25. The van der Waals surface area contributed by atoms with Crippen LogP contribution in [-0.4, -0.2) is 30.9 Å². The minimum absolute atomic E-state index is 0.121. The molecule has 3 aromatic heterocycles. The van der Waals surface area contributed by atoms with Crippen LogP contribution in [0.5, 0.6) is 0 Å². The van der Waals surface area contributed by atoms with Gasteiger partial charge in [-0.2, -0.15) is 10.1 Å². The fraction of sp³-hybridized carbons (Fsp3) is 0.385. The Hall–Kier alpha value is -2.48. The molecule has 1 aliphatic heterocycles. The molecule has 1 fully saturated rings. The molecule has 1 atom stereocenters. The van der Waals surface area contributed by atoms with Crippen molar-refractivity contribution in [1.82, 2.24) is 24.3 Å². The molecule has 0 spiro atoms. The van der Waals surface area contributed by atoms with E-state index in [1.54, 1.807) is 29.1 Å². The molecule has 1 unspecified atom stereocenters. The normalized spacial score (nSPS) is 18.6. The van der Waals surface area contributed by atoms with E-state index in [0.717, 1.165) is 12.8 Å². The van der Waals surface area contributed by atoms with Crippen LogP contribution >= 0.6 is 0 Å². The maximum absolute atomic E-state index is 12.2. The van der Waals surface area contributed by atoms with Crippen LogP contribution in [-0.2, 0) is 11.3 Å². The molecule has 0 aliphatic carbocycles. The van der Waals surface area contributed by atoms with Gasteiger partial charge in [0.05, 0.1) is 0 Å². The fourth-order valence-corrected chi connectivity index (χ4v) is 2.46. The van der Waals surface area contributed by atoms with Gasteiger partial charge in [0, 0.05) is 12.8 Å². The highest BCUT2D eigenvalue weighted by molar-refractivity contribution is 5.44. The van der Waals surface area contributed by atoms with E-state index < -0.39 is 0 Å². The first-order valence-electron chi connectivity index (χ1n) is 6.78. The second-order valence-electron chi connectivity index (χ2n) is 4.94. The zero-order chi connectivity index (χ0) is 14.2. The van der Waals surface area contributed by atoms with Gasteiger partial charge in [-0.3, -0.25) is 4.79 Å². The highest BCUT2D eigenvalue weighted by Crippen LogP contribution is 2.26. The standard InChI is InChI=1S/C13H13N5O3/c19-13-9-3-1-5-17(9)8-14-18(13)7-11-15-12(21-16-11)10-4-2-6-20-10/h1,3,5,8,10H,2,4,6-7H2. The lowest BCUT2D eigenvalue weighted by molar-refractivity contribution is 0.0835. The molecule has 1 saturated heterocycles. The first kappa shape index (κ1) is 12.3. The van der Waals surface area contributed by atoms with Crippen LogP contribution in [0.25, 0.3) is 5.52 Å². The summed E-state index contributed by atoms with van der Waals surface area (Å²) in [5.74, 6) is 0.894. The minimum atomic E-state index is -0.189. The van der Waals surface area contributed by atoms with Crippen LogP contribution in [0.15, 0.2) is 34.0 Å². The Morgan fingerprint density at radius 3 is 3.24 bits per heavy atom. The van der Waals surface area contributed by atoms with E-state index in [1.165, 1.54) is 4.68 Å². The van der Waals surface area contributed by atoms with Crippen LogP contribution in [0.1, 0.15) is 30.7 Å². The predicted octanol–water partition coefficient (Wildman–Crippen LogP) is 0.779. The highest BCUT2D eigenvalue weighted by atomic mass is 16.5. The summed E-state index contributed by atoms with van der Waals surface area (Å²) in [4.78, 5) is 16.5. The van der Waals surface area contributed by atoms with E-state index in [9.17, 15) is 4.79 Å². The van der Waals surface area contributed by atoms with Gasteiger partial charge in [-0.1, -0.05) is 5.16 Å². The summed E-state index contributed by atoms with van der Waals surface area (Å²) in [5, 5.41) is 7.99. The molecular weight excluding hydrogens is 274 g/mol. The number of hydrogen-bond acceptors (Lipinski definition) is 6. The number of rotatable bonds is 3. The molecule has 21 heavy (non-hydrogen) atoms. The van der Waals surface area contributed by atoms with Crippen molar-refractivity contribution < 1.29 is 9.26 Å². The lowest BCUT2D eigenvalue weighted by Gasteiger charge is -2.02. The first-order valence-corrected chi connectivity index (χ1v) is 6.78. The van der Waals surface area contributed by atoms with Crippen molar-refractivity contribution >= 4 is 5.52 Å². The quantitative estimate of drug-likeness (QED) is 0.707. The molecule has 3 aromatic rings. The smallest absolute Gasteiger partial charge is 0.291 e. The van der Waals surface area contributed by atoms with Crippen LogP contribution in [0.3, 0.4) is 0 Å². The number of ether oxygens (including phenoxy) is 1. The van der Waals surface area contributed by atoms with E-state index >= 15 is 0 Å². The third-order valence-electron chi connectivity index (χ3n) is 3.53. The number of fused-ring (bicyclic) bond motifs is 1. The van der Waals surface area contributed by atoms with E-state index in [-0.39, 0.29) is 18.2 Å². The average molecular weight is 287 g/mol. The van der Waals surface area contributed by atoms with Gasteiger partial charge in [0.15, 0.2) is 5.82 Å². The largest absolute Gasteiger partial charge is 0.368 e. The zero-order valence-corrected chi connectivity index (χ0v) is 11.2. The van der Waals surface area contributed by atoms with E-state index in [1.807, 2.05) is 0 Å². The van der Waals surface area contributed by atoms with Gasteiger partial charge < -0.3 is 13.7 Å². The Labute approximate surface area is 119 Å². The van der Waals surface area contributed by atoms with Crippen molar-refractivity contribution in [2.75, 3.05) is 6.61 Å². The maximum atomic E-state index is 12.2. The summed E-state index contributed by atoms with van der Waals surface area (Å²) in [7, 11) is 0. The van der Waals surface area contributed by atoms with E-state index in [0.29, 0.717) is 23.8 Å². The van der Waals surface area contributed by atoms with E-state index in [2.05, 4.69) is 15.2 Å². The molecule has 4 heterocycles. The summed E-state index contributed by atoms with van der Waals surface area (Å²) in [6, 6.07) is 3.54. The van der Waals surface area contributed by atoms with Gasteiger partial charge in [0.2, 0.25) is 0 Å². The summed E-state index contributed by atoms with van der Waals surface area (Å²) >= 11 is 0. The Morgan fingerprint density at radius 2 is 2.38 bits per heavy atom. The molecule has 0 N–H and O–H groups in total. The second kappa shape index (κ2) is 4.81. The zero-order valence-electron chi connectivity index (χ0n) is 11.2. The van der Waals surface area contributed by atoms with Crippen molar-refractivity contribution in [3.8, 4) is 0 Å². The summed E-state index contributed by atoms with van der Waals surface area (Å²) in [6.07, 6.45) is 5.11. The second-order valence-corrected chi connectivity index (χ2v) is 4.94. The summed E-state index contributed by atoms with van der Waals surface area (Å²) in [5.41, 5.74) is 0.374. The molecule has 1 aliphatic rings. The van der Waals surface area contributed by atoms with Gasteiger partial charge in [-0.05, 0) is 25.0 Å². The average Bonchev–Trinajstić information content (AvgIpc) is 3.21. The van der Waals surface area contributed by atoms with Gasteiger partial charge >= 0.3 is 0 Å². The van der Waals surface area contributed by atoms with E-state index in [4.69, 9.17) is 9.26 Å². The van der Waals surface area contributed by atoms with Gasteiger partial charge in [-0.25, -0.2) is 4.68 Å². The monoisotopic (exact) mass is 287 g/mol. The van der Waals surface area contributed by atoms with Crippen molar-refractivity contribution in [2.24, 2.45) is 0 Å². The first-order chi connectivity index (χ1) is 10.3. The Balaban J connectivity index is 1.62. The molecule has 8 heteroatoms. The Morgan fingerprint density at radius 1 is 1.43 bits per heavy atom. The molecule has 0 bridgehead atoms. The number of aromatic nitrogens is 5. The van der Waals surface area contributed by atoms with Crippen LogP contribution in [0, 0.1) is 0 Å². The van der Waals surface area contributed by atoms with Gasteiger partial charge in [-0.15, -0.1) is 0 Å². The molecule has 8 nitrogen and oxygen atoms in total. The van der Waals surface area contributed by atoms with Crippen LogP contribution < -0.4 is 5.56 Å². The highest BCUT2D eigenvalue weighted by Gasteiger charge is 2.24. The van der Waals surface area contributed by atoms with Crippen molar-refractivity contribution in [3.05, 3.63) is 46.7 Å². The third-order valence-corrected chi connectivity index (χ3v) is 3.53. The van der Waals surface area contributed by atoms with Crippen molar-refractivity contribution in [1.29, 1.82) is 0 Å². The molecule has 0 radical (unpaired) electrons. The Kier molecular flexibility index (Phi) is 2.81. The van der Waals surface area contributed by atoms with Crippen LogP contribution in [0.2, 0.25) is 0 Å². The predicted molar refractivity (Wildman–Crippen MR) is 70.8 cm³/mol. The SMILES string of the molecule is O=c1c2cccn2cnn1Cc1noc(C2CCCO2)n1. The number of nitrogens with zero attached hydrogens (tertiary/aromatic N) is 5. The van der Waals surface area contributed by atoms with Crippen molar-refractivity contribution in [2.45, 2.75) is 25.5 Å². The van der Waals surface area contributed by atoms with Gasteiger partial charge in [0.25, 0.3) is 11.4 Å². The molecule has 0 amide bonds. The summed E-state index contributed by atoms with van der Waals surface area (Å²) < 4.78 is 13.7. The molecule has 108 valence electrons. The molecule has 0 aromatic carbocycles. The lowest BCUT2D eigenvalue weighted by atomic mass is 10.2. The van der Waals surface area contributed by atoms with Crippen molar-refractivity contribution in [3.63, 3.8) is 0 Å². The van der Waals surface area contributed by atoms with Gasteiger partial charge in [0.1, 0.15) is 24.5 Å². The molecular formula is C13H13N5O3. The third kappa shape index (κ3) is 2.13. The summed E-state index contributed by atoms with van der Waals surface area (Å²) in [6.45, 7) is 0.894.